The lowest BCUT2D eigenvalue weighted by atomic mass is 10.1. The van der Waals surface area contributed by atoms with Gasteiger partial charge < -0.3 is 14.5 Å². The Morgan fingerprint density at radius 1 is 1.23 bits per heavy atom. The summed E-state index contributed by atoms with van der Waals surface area (Å²) in [6.45, 7) is 2.66. The Kier molecular flexibility index (Phi) is 3.38. The van der Waals surface area contributed by atoms with E-state index in [0.717, 1.165) is 29.0 Å². The van der Waals surface area contributed by atoms with E-state index in [9.17, 15) is 4.79 Å². The van der Waals surface area contributed by atoms with Crippen LogP contribution in [0.5, 0.6) is 0 Å². The second kappa shape index (κ2) is 5.87. The van der Waals surface area contributed by atoms with Gasteiger partial charge in [-0.15, -0.1) is 0 Å². The highest BCUT2D eigenvalue weighted by Crippen LogP contribution is 2.20. The molecule has 0 aliphatic carbocycles. The van der Waals surface area contributed by atoms with E-state index in [0.29, 0.717) is 25.2 Å². The second-order valence-electron chi connectivity index (χ2n) is 6.53. The lowest BCUT2D eigenvalue weighted by Crippen LogP contribution is -2.38. The normalized spacial score (nSPS) is 13.9. The molecule has 0 spiro atoms. The van der Waals surface area contributed by atoms with E-state index < -0.39 is 0 Å². The molecule has 0 saturated heterocycles. The molecule has 26 heavy (non-hydrogen) atoms. The average Bonchev–Trinajstić information content (AvgIpc) is 3.41. The van der Waals surface area contributed by atoms with Crippen LogP contribution >= 0.6 is 0 Å². The summed E-state index contributed by atoms with van der Waals surface area (Å²) in [7, 11) is 0. The summed E-state index contributed by atoms with van der Waals surface area (Å²) in [6, 6.07) is 9.67. The average molecular weight is 346 g/mol. The number of aromatic amines is 1. The van der Waals surface area contributed by atoms with Crippen LogP contribution in [0.1, 0.15) is 21.9 Å². The molecule has 0 unspecified atom stereocenters. The fourth-order valence-electron chi connectivity index (χ4n) is 3.55. The number of hydrogen-bond donors (Lipinski definition) is 1. The van der Waals surface area contributed by atoms with Gasteiger partial charge in [-0.2, -0.15) is 5.10 Å². The molecule has 1 aliphatic rings. The Bertz CT molecular complexity index is 1070. The van der Waals surface area contributed by atoms with Crippen LogP contribution < -0.4 is 0 Å². The monoisotopic (exact) mass is 346 g/mol. The molecule has 1 N–H and O–H groups in total. The highest BCUT2D eigenvalue weighted by molar-refractivity contribution is 5.98. The quantitative estimate of drug-likeness (QED) is 0.618. The predicted molar refractivity (Wildman–Crippen MR) is 96.6 cm³/mol. The molecule has 1 amide bonds. The van der Waals surface area contributed by atoms with Crippen LogP contribution in [0.2, 0.25) is 0 Å². The van der Waals surface area contributed by atoms with Gasteiger partial charge in [-0.05, 0) is 30.3 Å². The zero-order valence-electron chi connectivity index (χ0n) is 14.2. The molecule has 0 radical (unpaired) electrons. The van der Waals surface area contributed by atoms with Gasteiger partial charge in [0.15, 0.2) is 0 Å². The maximum Gasteiger partial charge on any atom is 0.254 e. The summed E-state index contributed by atoms with van der Waals surface area (Å²) >= 11 is 0. The van der Waals surface area contributed by atoms with Crippen molar-refractivity contribution in [1.82, 2.24) is 29.2 Å². The van der Waals surface area contributed by atoms with E-state index in [-0.39, 0.29) is 5.91 Å². The number of benzene rings is 1. The number of rotatable bonds is 3. The van der Waals surface area contributed by atoms with Crippen LogP contribution in [-0.4, -0.2) is 41.7 Å². The topological polar surface area (TPSA) is 71.7 Å². The van der Waals surface area contributed by atoms with E-state index in [1.807, 2.05) is 58.5 Å². The van der Waals surface area contributed by atoms with Gasteiger partial charge >= 0.3 is 0 Å². The molecule has 4 heterocycles. The third-order valence-electron chi connectivity index (χ3n) is 4.92. The molecule has 1 aliphatic heterocycles. The van der Waals surface area contributed by atoms with Crippen LogP contribution in [0.25, 0.3) is 10.9 Å². The van der Waals surface area contributed by atoms with Gasteiger partial charge in [0.2, 0.25) is 0 Å². The first-order chi connectivity index (χ1) is 12.8. The first-order valence-electron chi connectivity index (χ1n) is 8.65. The molecule has 0 bridgehead atoms. The minimum atomic E-state index is 0.0518. The highest BCUT2D eigenvalue weighted by Gasteiger charge is 2.24. The molecular formula is C19H18N6O. The van der Waals surface area contributed by atoms with Crippen LogP contribution in [0.15, 0.2) is 55.1 Å². The van der Waals surface area contributed by atoms with Crippen LogP contribution in [0, 0.1) is 0 Å². The third kappa shape index (κ3) is 2.48. The van der Waals surface area contributed by atoms with E-state index >= 15 is 0 Å². The standard InChI is InChI=1S/C19H18N6O/c26-19(15-2-3-17-14(10-15)4-6-20-17)23-8-9-25-16(11-21-18(25)13-23)12-24-7-1-5-22-24/h1-7,10-11,20H,8-9,12-13H2. The van der Waals surface area contributed by atoms with Crippen molar-refractivity contribution in [2.45, 2.75) is 19.6 Å². The number of nitrogens with one attached hydrogen (secondary N) is 1. The zero-order valence-corrected chi connectivity index (χ0v) is 14.2. The van der Waals surface area contributed by atoms with Gasteiger partial charge in [0.05, 0.1) is 25.0 Å². The van der Waals surface area contributed by atoms with Gasteiger partial charge in [0, 0.05) is 48.1 Å². The fraction of sp³-hybridized carbons (Fsp3) is 0.211. The molecular weight excluding hydrogens is 328 g/mol. The molecule has 5 rings (SSSR count). The van der Waals surface area contributed by atoms with Crippen LogP contribution in [0.3, 0.4) is 0 Å². The number of hydrogen-bond acceptors (Lipinski definition) is 3. The Hall–Kier alpha value is -3.35. The Morgan fingerprint density at radius 3 is 3.08 bits per heavy atom. The Balaban J connectivity index is 1.36. The number of carbonyl (C=O) groups excluding carboxylic acids is 1. The molecule has 130 valence electrons. The predicted octanol–water partition coefficient (Wildman–Crippen LogP) is 2.27. The van der Waals surface area contributed by atoms with Gasteiger partial charge in [0.25, 0.3) is 5.91 Å². The van der Waals surface area contributed by atoms with Crippen molar-refractivity contribution in [3.63, 3.8) is 0 Å². The molecule has 3 aromatic heterocycles. The first kappa shape index (κ1) is 14.9. The van der Waals surface area contributed by atoms with Gasteiger partial charge in [-0.3, -0.25) is 9.48 Å². The molecule has 0 atom stereocenters. The molecule has 7 heteroatoms. The van der Waals surface area contributed by atoms with Crippen molar-refractivity contribution in [3.05, 3.63) is 72.2 Å². The second-order valence-corrected chi connectivity index (χ2v) is 6.53. The summed E-state index contributed by atoms with van der Waals surface area (Å²) in [5.74, 6) is 0.977. The number of imidazole rings is 1. The van der Waals surface area contributed by atoms with E-state index in [4.69, 9.17) is 0 Å². The maximum absolute atomic E-state index is 12.9. The zero-order chi connectivity index (χ0) is 17.5. The van der Waals surface area contributed by atoms with Crippen molar-refractivity contribution in [1.29, 1.82) is 0 Å². The largest absolute Gasteiger partial charge is 0.361 e. The minimum Gasteiger partial charge on any atom is -0.361 e. The maximum atomic E-state index is 12.9. The summed E-state index contributed by atoms with van der Waals surface area (Å²) in [5.41, 5.74) is 2.87. The van der Waals surface area contributed by atoms with Crippen molar-refractivity contribution in [2.24, 2.45) is 0 Å². The highest BCUT2D eigenvalue weighted by atomic mass is 16.2. The number of carbonyl (C=O) groups is 1. The van der Waals surface area contributed by atoms with Gasteiger partial charge in [0.1, 0.15) is 5.82 Å². The summed E-state index contributed by atoms with van der Waals surface area (Å²) in [4.78, 5) is 22.5. The summed E-state index contributed by atoms with van der Waals surface area (Å²) in [5, 5.41) is 5.30. The van der Waals surface area contributed by atoms with E-state index in [1.165, 1.54) is 0 Å². The molecule has 7 nitrogen and oxygen atoms in total. The Morgan fingerprint density at radius 2 is 2.19 bits per heavy atom. The van der Waals surface area contributed by atoms with Crippen LogP contribution in [0.4, 0.5) is 0 Å². The minimum absolute atomic E-state index is 0.0518. The number of amides is 1. The number of H-pyrrole nitrogens is 1. The number of aromatic nitrogens is 5. The summed E-state index contributed by atoms with van der Waals surface area (Å²) in [6.07, 6.45) is 7.49. The van der Waals surface area contributed by atoms with Crippen LogP contribution in [-0.2, 0) is 19.6 Å². The lowest BCUT2D eigenvalue weighted by molar-refractivity contribution is 0.0706. The van der Waals surface area contributed by atoms with Gasteiger partial charge in [-0.25, -0.2) is 4.98 Å². The van der Waals surface area contributed by atoms with Crippen molar-refractivity contribution in [3.8, 4) is 0 Å². The smallest absolute Gasteiger partial charge is 0.254 e. The summed E-state index contributed by atoms with van der Waals surface area (Å²) < 4.78 is 4.08. The van der Waals surface area contributed by atoms with Crippen molar-refractivity contribution >= 4 is 16.8 Å². The number of fused-ring (bicyclic) bond motifs is 2. The van der Waals surface area contributed by atoms with Crippen molar-refractivity contribution < 1.29 is 4.79 Å². The Labute approximate surface area is 149 Å². The lowest BCUT2D eigenvalue weighted by Gasteiger charge is -2.28. The molecule has 1 aromatic carbocycles. The molecule has 0 fully saturated rings. The van der Waals surface area contributed by atoms with E-state index in [2.05, 4.69) is 19.6 Å². The third-order valence-corrected chi connectivity index (χ3v) is 4.92. The van der Waals surface area contributed by atoms with Crippen molar-refractivity contribution in [2.75, 3.05) is 6.54 Å². The SMILES string of the molecule is O=C(c1ccc2[nH]ccc2c1)N1CCn2c(Cn3cccn3)cnc2C1. The van der Waals surface area contributed by atoms with E-state index in [1.54, 1.807) is 6.20 Å². The fourth-order valence-corrected chi connectivity index (χ4v) is 3.55. The molecule has 0 saturated carbocycles. The number of nitrogens with zero attached hydrogens (tertiary/aromatic N) is 5. The first-order valence-corrected chi connectivity index (χ1v) is 8.65. The van der Waals surface area contributed by atoms with Gasteiger partial charge in [-0.1, -0.05) is 0 Å². The molecule has 4 aromatic rings.